The van der Waals surface area contributed by atoms with E-state index in [1.54, 1.807) is 11.1 Å². The highest BCUT2D eigenvalue weighted by atomic mass is 16.5. The Morgan fingerprint density at radius 3 is 2.00 bits per heavy atom. The summed E-state index contributed by atoms with van der Waals surface area (Å²) in [5.41, 5.74) is 13.6. The standard InChI is InChI=1S/C40H30O/c1-4-21-40(22-5-1)35-15-3-2-13-31(35)32-19-17-30(25-36(32)40)28-12-6-11-27(23-28)29-18-20-37-34(24-29)33-14-7-9-26-10-8-16-38(41-37)39(26)33/h2-3,6-20,23-25H,1,4-5,21-22H2. The second kappa shape index (κ2) is 8.69. The second-order valence-corrected chi connectivity index (χ2v) is 12.0. The molecule has 0 N–H and O–H groups in total. The lowest BCUT2D eigenvalue weighted by Crippen LogP contribution is -2.28. The van der Waals surface area contributed by atoms with Crippen molar-refractivity contribution < 1.29 is 4.74 Å². The smallest absolute Gasteiger partial charge is 0.135 e. The molecule has 0 atom stereocenters. The van der Waals surface area contributed by atoms with E-state index in [2.05, 4.69) is 121 Å². The fourth-order valence-electron chi connectivity index (χ4n) is 7.95. The first-order valence-corrected chi connectivity index (χ1v) is 15.0. The molecule has 0 radical (unpaired) electrons. The SMILES string of the molecule is c1cc(-c2ccc3c(c2)-c2cccc4cccc(c24)O3)cc(-c2ccc3c(c2)C2(CCCCC2)c2ccccc2-3)c1. The molecule has 1 heteroatoms. The van der Waals surface area contributed by atoms with Crippen LogP contribution >= 0.6 is 0 Å². The molecule has 1 aliphatic heterocycles. The zero-order valence-corrected chi connectivity index (χ0v) is 23.0. The summed E-state index contributed by atoms with van der Waals surface area (Å²) in [6.45, 7) is 0. The molecule has 1 nitrogen and oxygen atoms in total. The molecule has 41 heavy (non-hydrogen) atoms. The summed E-state index contributed by atoms with van der Waals surface area (Å²) >= 11 is 0. The van der Waals surface area contributed by atoms with Gasteiger partial charge in [-0.1, -0.05) is 110 Å². The van der Waals surface area contributed by atoms with Crippen LogP contribution in [0.2, 0.25) is 0 Å². The van der Waals surface area contributed by atoms with Crippen molar-refractivity contribution in [2.75, 3.05) is 0 Å². The Bertz CT molecular complexity index is 2000. The van der Waals surface area contributed by atoms with Gasteiger partial charge < -0.3 is 4.74 Å². The van der Waals surface area contributed by atoms with Crippen molar-refractivity contribution >= 4 is 10.8 Å². The molecule has 0 saturated heterocycles. The van der Waals surface area contributed by atoms with Gasteiger partial charge in [0, 0.05) is 16.4 Å². The Hall–Kier alpha value is -4.62. The monoisotopic (exact) mass is 526 g/mol. The molecule has 9 rings (SSSR count). The molecular weight excluding hydrogens is 496 g/mol. The Balaban J connectivity index is 1.14. The number of benzene rings is 6. The quantitative estimate of drug-likeness (QED) is 0.218. The van der Waals surface area contributed by atoms with E-state index in [-0.39, 0.29) is 5.41 Å². The largest absolute Gasteiger partial charge is 0.456 e. The van der Waals surface area contributed by atoms with Gasteiger partial charge in [-0.15, -0.1) is 0 Å². The number of hydrogen-bond acceptors (Lipinski definition) is 1. The molecule has 0 amide bonds. The Labute approximate surface area is 241 Å². The van der Waals surface area contributed by atoms with Crippen LogP contribution in [0.3, 0.4) is 0 Å². The Morgan fingerprint density at radius 2 is 1.12 bits per heavy atom. The van der Waals surface area contributed by atoms with E-state index in [4.69, 9.17) is 4.74 Å². The predicted octanol–water partition coefficient (Wildman–Crippen LogP) is 11.2. The van der Waals surface area contributed by atoms with E-state index < -0.39 is 0 Å². The number of hydrogen-bond donors (Lipinski definition) is 0. The van der Waals surface area contributed by atoms with Gasteiger partial charge >= 0.3 is 0 Å². The predicted molar refractivity (Wildman–Crippen MR) is 170 cm³/mol. The van der Waals surface area contributed by atoms with Crippen LogP contribution in [0.15, 0.2) is 121 Å². The molecule has 0 unspecified atom stereocenters. The topological polar surface area (TPSA) is 9.23 Å². The summed E-state index contributed by atoms with van der Waals surface area (Å²) in [5.74, 6) is 1.86. The second-order valence-electron chi connectivity index (χ2n) is 12.0. The average Bonchev–Trinajstić information content (AvgIpc) is 3.30. The average molecular weight is 527 g/mol. The summed E-state index contributed by atoms with van der Waals surface area (Å²) in [7, 11) is 0. The number of ether oxygens (including phenoxy) is 1. The van der Waals surface area contributed by atoms with Crippen molar-refractivity contribution in [3.8, 4) is 56.0 Å². The summed E-state index contributed by atoms with van der Waals surface area (Å²) in [6, 6.07) is 44.9. The lowest BCUT2D eigenvalue weighted by molar-refractivity contribution is 0.353. The molecule has 6 aromatic rings. The third-order valence-electron chi connectivity index (χ3n) is 9.86. The van der Waals surface area contributed by atoms with Crippen LogP contribution in [0.5, 0.6) is 11.5 Å². The van der Waals surface area contributed by atoms with E-state index in [1.807, 2.05) is 0 Å². The fraction of sp³-hybridized carbons (Fsp3) is 0.150. The van der Waals surface area contributed by atoms with Gasteiger partial charge in [-0.25, -0.2) is 0 Å². The molecule has 1 saturated carbocycles. The lowest BCUT2D eigenvalue weighted by Gasteiger charge is -2.36. The molecule has 0 aromatic heterocycles. The van der Waals surface area contributed by atoms with Crippen molar-refractivity contribution in [3.05, 3.63) is 132 Å². The molecule has 2 aliphatic carbocycles. The fourth-order valence-corrected chi connectivity index (χ4v) is 7.95. The van der Waals surface area contributed by atoms with Crippen molar-refractivity contribution in [2.24, 2.45) is 0 Å². The van der Waals surface area contributed by atoms with Gasteiger partial charge in [0.25, 0.3) is 0 Å². The van der Waals surface area contributed by atoms with Crippen LogP contribution < -0.4 is 4.74 Å². The van der Waals surface area contributed by atoms with Crippen LogP contribution in [-0.4, -0.2) is 0 Å². The maximum absolute atomic E-state index is 6.36. The summed E-state index contributed by atoms with van der Waals surface area (Å²) < 4.78 is 6.36. The van der Waals surface area contributed by atoms with E-state index >= 15 is 0 Å². The molecular formula is C40H30O. The van der Waals surface area contributed by atoms with Gasteiger partial charge in [-0.3, -0.25) is 0 Å². The first-order chi connectivity index (χ1) is 20.3. The van der Waals surface area contributed by atoms with E-state index in [9.17, 15) is 0 Å². The molecule has 1 spiro atoms. The summed E-state index contributed by atoms with van der Waals surface area (Å²) in [5, 5.41) is 2.41. The van der Waals surface area contributed by atoms with Crippen LogP contribution in [0, 0.1) is 0 Å². The molecule has 6 aromatic carbocycles. The molecule has 196 valence electrons. The zero-order chi connectivity index (χ0) is 27.0. The molecule has 3 aliphatic rings. The first kappa shape index (κ1) is 23.1. The van der Waals surface area contributed by atoms with E-state index in [1.165, 1.54) is 81.8 Å². The van der Waals surface area contributed by atoms with Gasteiger partial charge in [0.1, 0.15) is 11.5 Å². The van der Waals surface area contributed by atoms with E-state index in [0.717, 1.165) is 17.1 Å². The third kappa shape index (κ3) is 3.36. The zero-order valence-electron chi connectivity index (χ0n) is 23.0. The normalized spacial score (nSPS) is 15.7. The minimum Gasteiger partial charge on any atom is -0.456 e. The van der Waals surface area contributed by atoms with Crippen molar-refractivity contribution in [2.45, 2.75) is 37.5 Å². The first-order valence-electron chi connectivity index (χ1n) is 15.0. The molecule has 1 fully saturated rings. The van der Waals surface area contributed by atoms with Crippen LogP contribution in [0.25, 0.3) is 55.3 Å². The molecule has 0 bridgehead atoms. The summed E-state index contributed by atoms with van der Waals surface area (Å²) in [4.78, 5) is 0. The van der Waals surface area contributed by atoms with Crippen molar-refractivity contribution in [1.82, 2.24) is 0 Å². The lowest BCUT2D eigenvalue weighted by atomic mass is 9.67. The number of fused-ring (bicyclic) bond motifs is 7. The highest BCUT2D eigenvalue weighted by Crippen LogP contribution is 2.56. The third-order valence-corrected chi connectivity index (χ3v) is 9.86. The van der Waals surface area contributed by atoms with Crippen LogP contribution in [0.1, 0.15) is 43.2 Å². The Morgan fingerprint density at radius 1 is 0.439 bits per heavy atom. The van der Waals surface area contributed by atoms with E-state index in [0.29, 0.717) is 0 Å². The van der Waals surface area contributed by atoms with Gasteiger partial charge in [-0.05, 0) is 98.6 Å². The maximum atomic E-state index is 6.36. The molecule has 1 heterocycles. The highest BCUT2D eigenvalue weighted by molar-refractivity contribution is 6.04. The van der Waals surface area contributed by atoms with Crippen molar-refractivity contribution in [3.63, 3.8) is 0 Å². The number of rotatable bonds is 2. The minimum absolute atomic E-state index is 0.174. The highest BCUT2D eigenvalue weighted by Gasteiger charge is 2.43. The maximum Gasteiger partial charge on any atom is 0.135 e. The summed E-state index contributed by atoms with van der Waals surface area (Å²) in [6.07, 6.45) is 6.50. The Kier molecular flexibility index (Phi) is 4.90. The minimum atomic E-state index is 0.174. The van der Waals surface area contributed by atoms with Gasteiger partial charge in [0.05, 0.1) is 0 Å². The van der Waals surface area contributed by atoms with Crippen LogP contribution in [-0.2, 0) is 5.41 Å². The van der Waals surface area contributed by atoms with Gasteiger partial charge in [0.15, 0.2) is 0 Å². The van der Waals surface area contributed by atoms with Crippen LogP contribution in [0.4, 0.5) is 0 Å². The van der Waals surface area contributed by atoms with Gasteiger partial charge in [0.2, 0.25) is 0 Å². The van der Waals surface area contributed by atoms with Gasteiger partial charge in [-0.2, -0.15) is 0 Å². The van der Waals surface area contributed by atoms with Crippen molar-refractivity contribution in [1.29, 1.82) is 0 Å².